The fourth-order valence-electron chi connectivity index (χ4n) is 1.09. The monoisotopic (exact) mass is 228 g/mol. The van der Waals surface area contributed by atoms with Gasteiger partial charge in [0.1, 0.15) is 5.60 Å². The first-order valence-corrected chi connectivity index (χ1v) is 5.43. The summed E-state index contributed by atoms with van der Waals surface area (Å²) in [6, 6.07) is 0. The normalized spacial score (nSPS) is 14.4. The first kappa shape index (κ1) is 13.1. The summed E-state index contributed by atoms with van der Waals surface area (Å²) in [7, 11) is 1.60. The Hall–Kier alpha value is -0.940. The Labute approximate surface area is 95.8 Å². The minimum absolute atomic E-state index is 0.172. The smallest absolute Gasteiger partial charge is 0.229 e. The van der Waals surface area contributed by atoms with E-state index in [1.54, 1.807) is 7.11 Å². The third kappa shape index (κ3) is 3.02. The third-order valence-corrected chi connectivity index (χ3v) is 2.67. The molecule has 0 aromatic carbocycles. The van der Waals surface area contributed by atoms with Crippen LogP contribution in [0.4, 0.5) is 0 Å². The van der Waals surface area contributed by atoms with Gasteiger partial charge in [-0.05, 0) is 19.8 Å². The Morgan fingerprint density at radius 2 is 2.06 bits per heavy atom. The Morgan fingerprint density at radius 1 is 1.44 bits per heavy atom. The maximum absolute atomic E-state index is 9.69. The largest absolute Gasteiger partial charge is 0.392 e. The van der Waals surface area contributed by atoms with Crippen LogP contribution in [-0.4, -0.2) is 28.5 Å². The van der Waals surface area contributed by atoms with Crippen LogP contribution in [0.25, 0.3) is 0 Å². The quantitative estimate of drug-likeness (QED) is 0.827. The van der Waals surface area contributed by atoms with Crippen LogP contribution in [0.5, 0.6) is 0 Å². The summed E-state index contributed by atoms with van der Waals surface area (Å²) in [4.78, 5) is 4.21. The lowest BCUT2D eigenvalue weighted by Crippen LogP contribution is -2.22. The molecule has 16 heavy (non-hydrogen) atoms. The van der Waals surface area contributed by atoms with Gasteiger partial charge in [-0.25, -0.2) is 0 Å². The van der Waals surface area contributed by atoms with E-state index in [1.807, 2.05) is 27.7 Å². The number of aliphatic hydroxyl groups excluding tert-OH is 1. The molecule has 0 saturated carbocycles. The molecule has 1 N–H and O–H groups in total. The second-order valence-corrected chi connectivity index (χ2v) is 4.74. The number of ether oxygens (including phenoxy) is 1. The summed E-state index contributed by atoms with van der Waals surface area (Å²) < 4.78 is 10.3. The molecule has 5 heteroatoms. The molecule has 0 aliphatic rings. The van der Waals surface area contributed by atoms with Crippen molar-refractivity contribution in [3.63, 3.8) is 0 Å². The van der Waals surface area contributed by atoms with Gasteiger partial charge in [-0.2, -0.15) is 4.98 Å². The Morgan fingerprint density at radius 3 is 2.56 bits per heavy atom. The summed E-state index contributed by atoms with van der Waals surface area (Å²) in [5.74, 6) is 1.12. The molecule has 0 aliphatic heterocycles. The van der Waals surface area contributed by atoms with Gasteiger partial charge in [-0.3, -0.25) is 0 Å². The van der Waals surface area contributed by atoms with Crippen LogP contribution in [-0.2, 0) is 16.8 Å². The third-order valence-electron chi connectivity index (χ3n) is 2.67. The van der Waals surface area contributed by atoms with Crippen molar-refractivity contribution in [1.82, 2.24) is 10.1 Å². The molecule has 0 saturated heterocycles. The van der Waals surface area contributed by atoms with Crippen LogP contribution in [0.2, 0.25) is 0 Å². The Balaban J connectivity index is 2.72. The molecule has 0 bridgehead atoms. The zero-order chi connectivity index (χ0) is 12.3. The number of rotatable bonds is 5. The summed E-state index contributed by atoms with van der Waals surface area (Å²) in [6.07, 6.45) is -0.0799. The number of aromatic nitrogens is 2. The highest BCUT2D eigenvalue weighted by Gasteiger charge is 2.26. The first-order valence-electron chi connectivity index (χ1n) is 5.43. The van der Waals surface area contributed by atoms with Gasteiger partial charge in [0, 0.05) is 7.11 Å². The van der Waals surface area contributed by atoms with Crippen LogP contribution in [0.1, 0.15) is 39.4 Å². The van der Waals surface area contributed by atoms with Crippen molar-refractivity contribution in [2.75, 3.05) is 7.11 Å². The molecule has 1 aromatic heterocycles. The lowest BCUT2D eigenvalue weighted by atomic mass is 10.0. The summed E-state index contributed by atoms with van der Waals surface area (Å²) in [5.41, 5.74) is -0.565. The topological polar surface area (TPSA) is 68.4 Å². The molecule has 1 atom stereocenters. The fourth-order valence-corrected chi connectivity index (χ4v) is 1.09. The van der Waals surface area contributed by atoms with Gasteiger partial charge in [0.05, 0.1) is 12.5 Å². The molecule has 1 heterocycles. The van der Waals surface area contributed by atoms with E-state index in [1.165, 1.54) is 0 Å². The average molecular weight is 228 g/mol. The van der Waals surface area contributed by atoms with E-state index in [-0.39, 0.29) is 5.92 Å². The zero-order valence-electron chi connectivity index (χ0n) is 10.5. The predicted octanol–water partition coefficient (Wildman–Crippen LogP) is 1.51. The first-order chi connectivity index (χ1) is 7.36. The van der Waals surface area contributed by atoms with Gasteiger partial charge in [0.2, 0.25) is 11.7 Å². The van der Waals surface area contributed by atoms with Crippen LogP contribution >= 0.6 is 0 Å². The van der Waals surface area contributed by atoms with Gasteiger partial charge >= 0.3 is 0 Å². The van der Waals surface area contributed by atoms with Crippen molar-refractivity contribution < 1.29 is 14.4 Å². The van der Waals surface area contributed by atoms with Crippen molar-refractivity contribution in [1.29, 1.82) is 0 Å². The molecule has 1 aromatic rings. The maximum atomic E-state index is 9.69. The van der Waals surface area contributed by atoms with Crippen LogP contribution < -0.4 is 0 Å². The summed E-state index contributed by atoms with van der Waals surface area (Å²) in [5, 5.41) is 13.5. The fraction of sp³-hybridized carbons (Fsp3) is 0.818. The molecule has 92 valence electrons. The summed E-state index contributed by atoms with van der Waals surface area (Å²) >= 11 is 0. The van der Waals surface area contributed by atoms with Crippen LogP contribution in [0.3, 0.4) is 0 Å². The number of hydrogen-bond donors (Lipinski definition) is 1. The van der Waals surface area contributed by atoms with Crippen molar-refractivity contribution in [3.8, 4) is 0 Å². The highest BCUT2D eigenvalue weighted by molar-refractivity contribution is 4.97. The molecule has 0 radical (unpaired) electrons. The van der Waals surface area contributed by atoms with E-state index in [9.17, 15) is 5.11 Å². The molecule has 0 fully saturated rings. The number of hydrogen-bond acceptors (Lipinski definition) is 5. The Bertz CT molecular complexity index is 334. The van der Waals surface area contributed by atoms with Crippen molar-refractivity contribution in [2.24, 2.45) is 5.92 Å². The maximum Gasteiger partial charge on any atom is 0.229 e. The molecular formula is C11H20N2O3. The van der Waals surface area contributed by atoms with E-state index in [0.29, 0.717) is 18.1 Å². The van der Waals surface area contributed by atoms with E-state index >= 15 is 0 Å². The SMILES string of the molecule is COC(C)(C)c1noc(CC(O)C(C)C)n1. The van der Waals surface area contributed by atoms with Crippen molar-refractivity contribution in [3.05, 3.63) is 11.7 Å². The average Bonchev–Trinajstić information content (AvgIpc) is 2.66. The predicted molar refractivity (Wildman–Crippen MR) is 58.9 cm³/mol. The molecule has 0 spiro atoms. The van der Waals surface area contributed by atoms with E-state index in [4.69, 9.17) is 9.26 Å². The molecule has 1 unspecified atom stereocenters. The minimum atomic E-state index is -0.565. The van der Waals surface area contributed by atoms with E-state index in [2.05, 4.69) is 10.1 Å². The second kappa shape index (κ2) is 4.93. The molecule has 5 nitrogen and oxygen atoms in total. The van der Waals surface area contributed by atoms with Gasteiger partial charge in [0.15, 0.2) is 0 Å². The molecule has 0 amide bonds. The minimum Gasteiger partial charge on any atom is -0.392 e. The van der Waals surface area contributed by atoms with Crippen LogP contribution in [0, 0.1) is 5.92 Å². The van der Waals surface area contributed by atoms with Crippen molar-refractivity contribution in [2.45, 2.75) is 45.8 Å². The van der Waals surface area contributed by atoms with Gasteiger partial charge in [-0.15, -0.1) is 0 Å². The lowest BCUT2D eigenvalue weighted by Gasteiger charge is -2.17. The standard InChI is InChI=1S/C11H20N2O3/c1-7(2)8(14)6-9-12-10(13-16-9)11(3,4)15-5/h7-8,14H,6H2,1-5H3. The van der Waals surface area contributed by atoms with Gasteiger partial charge < -0.3 is 14.4 Å². The molecule has 0 aliphatic carbocycles. The van der Waals surface area contributed by atoms with Crippen LogP contribution in [0.15, 0.2) is 4.52 Å². The van der Waals surface area contributed by atoms with Gasteiger partial charge in [0.25, 0.3) is 0 Å². The Kier molecular flexibility index (Phi) is 4.04. The molecular weight excluding hydrogens is 208 g/mol. The van der Waals surface area contributed by atoms with Gasteiger partial charge in [-0.1, -0.05) is 19.0 Å². The lowest BCUT2D eigenvalue weighted by molar-refractivity contribution is 0.00973. The molecule has 1 rings (SSSR count). The number of methoxy groups -OCH3 is 1. The highest BCUT2D eigenvalue weighted by atomic mass is 16.5. The number of aliphatic hydroxyl groups is 1. The summed E-state index contributed by atoms with van der Waals surface area (Å²) in [6.45, 7) is 7.61. The second-order valence-electron chi connectivity index (χ2n) is 4.74. The highest BCUT2D eigenvalue weighted by Crippen LogP contribution is 2.21. The van der Waals surface area contributed by atoms with E-state index in [0.717, 1.165) is 0 Å². The zero-order valence-corrected chi connectivity index (χ0v) is 10.5. The van der Waals surface area contributed by atoms with E-state index < -0.39 is 11.7 Å². The number of nitrogens with zero attached hydrogens (tertiary/aromatic N) is 2. The van der Waals surface area contributed by atoms with Crippen molar-refractivity contribution >= 4 is 0 Å².